The van der Waals surface area contributed by atoms with Crippen molar-refractivity contribution >= 4 is 45.7 Å². The lowest BCUT2D eigenvalue weighted by molar-refractivity contribution is -0.132. The third-order valence-corrected chi connectivity index (χ3v) is 10.2. The fourth-order valence-corrected chi connectivity index (χ4v) is 7.65. The second kappa shape index (κ2) is 14.8. The topological polar surface area (TPSA) is 111 Å². The van der Waals surface area contributed by atoms with Crippen molar-refractivity contribution in [2.24, 2.45) is 0 Å². The average Bonchev–Trinajstić information content (AvgIpc) is 3.77. The van der Waals surface area contributed by atoms with Gasteiger partial charge in [-0.2, -0.15) is 0 Å². The molecule has 48 heavy (non-hydrogen) atoms. The molecule has 0 bridgehead atoms. The number of carbonyl (C=O) groups is 2. The number of ether oxygens (including phenoxy) is 3. The van der Waals surface area contributed by atoms with Gasteiger partial charge in [-0.25, -0.2) is 4.39 Å². The molecule has 2 aliphatic rings. The third kappa shape index (κ3) is 6.91. The number of amides is 1. The van der Waals surface area contributed by atoms with Crippen LogP contribution in [-0.4, -0.2) is 46.3 Å². The summed E-state index contributed by atoms with van der Waals surface area (Å²) < 4.78 is 32.6. The maximum Gasteiger partial charge on any atom is 0.301 e. The van der Waals surface area contributed by atoms with Crippen LogP contribution in [0.1, 0.15) is 68.3 Å². The van der Waals surface area contributed by atoms with Crippen molar-refractivity contribution in [1.29, 1.82) is 0 Å². The molecule has 0 spiro atoms. The number of aliphatic hydroxyl groups is 1. The number of aromatic nitrogens is 2. The number of unbranched alkanes of at least 4 members (excludes halogenated alkanes) is 2. The Morgan fingerprint density at radius 2 is 1.90 bits per heavy atom. The standard InChI is InChI=1S/C36H36FN3O6S2/c1-4-6-9-16-45-28-15-12-22(19-29(28)44-5-2)31-30(32(41)23-13-14-27-25(18-23)17-21(3)46-27)33(42)34(43)40(31)35-38-39-36(48-35)47-20-24-10-7-8-11-26(24)37/h7-8,10-15,18-19,21,31,41H,4-6,9,16-17,20H2,1-3H3/b32-30-. The number of thioether (sulfide) groups is 1. The minimum Gasteiger partial charge on any atom is -0.507 e. The first-order valence-electron chi connectivity index (χ1n) is 16.0. The average molecular weight is 690 g/mol. The zero-order valence-electron chi connectivity index (χ0n) is 26.9. The summed E-state index contributed by atoms with van der Waals surface area (Å²) in [6.45, 7) is 6.83. The van der Waals surface area contributed by atoms with Crippen LogP contribution in [0.2, 0.25) is 0 Å². The second-order valence-corrected chi connectivity index (χ2v) is 13.7. The molecule has 2 atom stereocenters. The van der Waals surface area contributed by atoms with E-state index in [4.69, 9.17) is 14.2 Å². The van der Waals surface area contributed by atoms with E-state index in [-0.39, 0.29) is 28.4 Å². The molecule has 2 unspecified atom stereocenters. The van der Waals surface area contributed by atoms with E-state index in [1.807, 2.05) is 13.8 Å². The normalized spacial score (nSPS) is 18.2. The molecule has 0 saturated carbocycles. The minimum atomic E-state index is -1.04. The largest absolute Gasteiger partial charge is 0.507 e. The minimum absolute atomic E-state index is 0.00878. The van der Waals surface area contributed by atoms with Crippen molar-refractivity contribution in [2.45, 2.75) is 68.7 Å². The first-order valence-corrected chi connectivity index (χ1v) is 17.8. The van der Waals surface area contributed by atoms with Gasteiger partial charge in [0.1, 0.15) is 23.4 Å². The quantitative estimate of drug-likeness (QED) is 0.0374. The van der Waals surface area contributed by atoms with Gasteiger partial charge < -0.3 is 19.3 Å². The van der Waals surface area contributed by atoms with Gasteiger partial charge in [-0.1, -0.05) is 67.1 Å². The van der Waals surface area contributed by atoms with E-state index in [1.165, 1.54) is 22.7 Å². The van der Waals surface area contributed by atoms with E-state index in [0.29, 0.717) is 57.9 Å². The lowest BCUT2D eigenvalue weighted by Gasteiger charge is -2.23. The molecule has 12 heteroatoms. The molecule has 1 saturated heterocycles. The molecular weight excluding hydrogens is 654 g/mol. The summed E-state index contributed by atoms with van der Waals surface area (Å²) in [5, 5.41) is 20.4. The smallest absolute Gasteiger partial charge is 0.301 e. The SMILES string of the molecule is CCCCCOc1ccc(C2/C(=C(/O)c3ccc4c(c3)CC(C)O4)C(=O)C(=O)N2c2nnc(SCc3ccccc3F)s2)cc1OCC. The maximum atomic E-state index is 14.3. The van der Waals surface area contributed by atoms with Crippen LogP contribution in [0.3, 0.4) is 0 Å². The van der Waals surface area contributed by atoms with Gasteiger partial charge in [-0.3, -0.25) is 14.5 Å². The number of carbonyl (C=O) groups excluding carboxylic acids is 2. The van der Waals surface area contributed by atoms with Crippen LogP contribution in [0.15, 0.2) is 70.6 Å². The van der Waals surface area contributed by atoms with E-state index in [9.17, 15) is 19.1 Å². The molecule has 0 aliphatic carbocycles. The predicted molar refractivity (Wildman–Crippen MR) is 184 cm³/mol. The van der Waals surface area contributed by atoms with E-state index < -0.39 is 17.7 Å². The fourth-order valence-electron chi connectivity index (χ4n) is 5.80. The summed E-state index contributed by atoms with van der Waals surface area (Å²) in [6, 6.07) is 15.9. The molecule has 1 amide bonds. The van der Waals surface area contributed by atoms with Crippen LogP contribution in [0.5, 0.6) is 17.2 Å². The van der Waals surface area contributed by atoms with E-state index in [1.54, 1.807) is 54.6 Å². The van der Waals surface area contributed by atoms with Gasteiger partial charge in [-0.05, 0) is 73.4 Å². The van der Waals surface area contributed by atoms with Crippen LogP contribution in [0.25, 0.3) is 5.76 Å². The van der Waals surface area contributed by atoms with Crippen molar-refractivity contribution in [3.05, 3.63) is 94.3 Å². The van der Waals surface area contributed by atoms with Gasteiger partial charge >= 0.3 is 5.91 Å². The lowest BCUT2D eigenvalue weighted by atomic mass is 9.94. The summed E-state index contributed by atoms with van der Waals surface area (Å²) in [6.07, 6.45) is 3.63. The molecule has 1 N–H and O–H groups in total. The Hall–Kier alpha value is -4.42. The molecule has 2 aliphatic heterocycles. The maximum absolute atomic E-state index is 14.3. The predicted octanol–water partition coefficient (Wildman–Crippen LogP) is 7.89. The molecular formula is C36H36FN3O6S2. The number of rotatable bonds is 13. The Balaban J connectivity index is 1.40. The second-order valence-electron chi connectivity index (χ2n) is 11.5. The molecule has 1 aromatic heterocycles. The first kappa shape index (κ1) is 33.5. The number of ketones is 1. The molecule has 3 heterocycles. The number of fused-ring (bicyclic) bond motifs is 1. The number of aliphatic hydroxyl groups excluding tert-OH is 1. The Labute approximate surface area is 286 Å². The number of benzene rings is 3. The van der Waals surface area contributed by atoms with E-state index >= 15 is 0 Å². The van der Waals surface area contributed by atoms with Crippen LogP contribution in [0.4, 0.5) is 9.52 Å². The molecule has 0 radical (unpaired) electrons. The van der Waals surface area contributed by atoms with E-state index in [2.05, 4.69) is 17.1 Å². The number of halogens is 1. The number of hydrogen-bond acceptors (Lipinski definition) is 10. The van der Waals surface area contributed by atoms with Crippen molar-refractivity contribution in [2.75, 3.05) is 18.1 Å². The zero-order valence-corrected chi connectivity index (χ0v) is 28.5. The van der Waals surface area contributed by atoms with Crippen molar-refractivity contribution in [1.82, 2.24) is 10.2 Å². The number of anilines is 1. The third-order valence-electron chi connectivity index (χ3n) is 8.11. The van der Waals surface area contributed by atoms with Crippen LogP contribution in [-0.2, 0) is 21.8 Å². The molecule has 1 fully saturated rings. The Kier molecular flexibility index (Phi) is 10.3. The van der Waals surface area contributed by atoms with Crippen LogP contribution < -0.4 is 19.1 Å². The summed E-state index contributed by atoms with van der Waals surface area (Å²) in [7, 11) is 0. The molecule has 4 aromatic rings. The monoisotopic (exact) mass is 689 g/mol. The highest BCUT2D eigenvalue weighted by molar-refractivity contribution is 8.00. The summed E-state index contributed by atoms with van der Waals surface area (Å²) in [4.78, 5) is 28.9. The van der Waals surface area contributed by atoms with Gasteiger partial charge in [0.25, 0.3) is 5.78 Å². The highest BCUT2D eigenvalue weighted by Crippen LogP contribution is 2.46. The Morgan fingerprint density at radius 3 is 2.69 bits per heavy atom. The number of nitrogens with zero attached hydrogens (tertiary/aromatic N) is 3. The van der Waals surface area contributed by atoms with E-state index in [0.717, 1.165) is 41.9 Å². The summed E-state index contributed by atoms with van der Waals surface area (Å²) in [5.41, 5.74) is 2.25. The van der Waals surface area contributed by atoms with Gasteiger partial charge in [0, 0.05) is 17.7 Å². The number of Topliss-reactive ketones (excluding diaryl/α,β-unsaturated/α-hetero) is 1. The van der Waals surface area contributed by atoms with Gasteiger partial charge in [0.05, 0.1) is 24.8 Å². The van der Waals surface area contributed by atoms with Crippen molar-refractivity contribution in [3.63, 3.8) is 0 Å². The highest BCUT2D eigenvalue weighted by Gasteiger charge is 2.48. The first-order chi connectivity index (χ1) is 23.3. The molecule has 6 rings (SSSR count). The van der Waals surface area contributed by atoms with Crippen LogP contribution in [0, 0.1) is 5.82 Å². The fraction of sp³-hybridized carbons (Fsp3) is 0.333. The van der Waals surface area contributed by atoms with Gasteiger partial charge in [0.15, 0.2) is 15.8 Å². The van der Waals surface area contributed by atoms with Gasteiger partial charge in [-0.15, -0.1) is 10.2 Å². The zero-order chi connectivity index (χ0) is 33.8. The lowest BCUT2D eigenvalue weighted by Crippen LogP contribution is -2.29. The Morgan fingerprint density at radius 1 is 1.06 bits per heavy atom. The number of hydrogen-bond donors (Lipinski definition) is 1. The van der Waals surface area contributed by atoms with Crippen molar-refractivity contribution in [3.8, 4) is 17.2 Å². The van der Waals surface area contributed by atoms with Crippen molar-refractivity contribution < 1.29 is 33.3 Å². The molecule has 250 valence electrons. The van der Waals surface area contributed by atoms with Crippen LogP contribution >= 0.6 is 23.1 Å². The van der Waals surface area contributed by atoms with Gasteiger partial charge in [0.2, 0.25) is 5.13 Å². The Bertz CT molecular complexity index is 1860. The highest BCUT2D eigenvalue weighted by atomic mass is 32.2. The summed E-state index contributed by atoms with van der Waals surface area (Å²) >= 11 is 2.39. The molecule has 9 nitrogen and oxygen atoms in total. The molecule has 3 aromatic carbocycles. The summed E-state index contributed by atoms with van der Waals surface area (Å²) in [5.74, 6) is -0.294.